The summed E-state index contributed by atoms with van der Waals surface area (Å²) in [5.74, 6) is 0.393. The van der Waals surface area contributed by atoms with Gasteiger partial charge in [-0.3, -0.25) is 4.79 Å². The van der Waals surface area contributed by atoms with Crippen LogP contribution in [0.4, 0.5) is 0 Å². The van der Waals surface area contributed by atoms with Gasteiger partial charge in [-0.2, -0.15) is 0 Å². The van der Waals surface area contributed by atoms with Crippen LogP contribution in [0.5, 0.6) is 0 Å². The molecule has 0 aromatic rings. The van der Waals surface area contributed by atoms with Crippen molar-refractivity contribution in [1.29, 1.82) is 0 Å². The molecular formula is C16H31NO2. The number of hydrogen-bond donors (Lipinski definition) is 1. The first kappa shape index (κ1) is 18.1. The summed E-state index contributed by atoms with van der Waals surface area (Å²) in [4.78, 5) is 21.4. The SMILES string of the molecule is CC(=O)CCCCCCCCCCCCNC(C)=O. The average Bonchev–Trinajstić information content (AvgIpc) is 2.34. The minimum Gasteiger partial charge on any atom is -0.356 e. The zero-order chi connectivity index (χ0) is 14.3. The first-order valence-corrected chi connectivity index (χ1v) is 7.87. The van der Waals surface area contributed by atoms with Crippen molar-refractivity contribution < 1.29 is 9.59 Å². The van der Waals surface area contributed by atoms with Crippen LogP contribution in [0.25, 0.3) is 0 Å². The third kappa shape index (κ3) is 17.1. The molecule has 0 atom stereocenters. The largest absolute Gasteiger partial charge is 0.356 e. The van der Waals surface area contributed by atoms with E-state index in [0.717, 1.165) is 25.8 Å². The molecule has 19 heavy (non-hydrogen) atoms. The molecule has 1 N–H and O–H groups in total. The lowest BCUT2D eigenvalue weighted by Crippen LogP contribution is -2.20. The molecule has 0 aromatic heterocycles. The summed E-state index contributed by atoms with van der Waals surface area (Å²) in [6.07, 6.45) is 13.2. The molecule has 0 heterocycles. The molecule has 0 aliphatic rings. The van der Waals surface area contributed by atoms with Gasteiger partial charge in [0.05, 0.1) is 0 Å². The first-order chi connectivity index (χ1) is 9.13. The number of amides is 1. The van der Waals surface area contributed by atoms with Gasteiger partial charge < -0.3 is 10.1 Å². The maximum atomic E-state index is 10.7. The fourth-order valence-corrected chi connectivity index (χ4v) is 2.18. The number of Topliss-reactive ketones (excluding diaryl/α,β-unsaturated/α-hetero) is 1. The topological polar surface area (TPSA) is 46.2 Å². The Morgan fingerprint density at radius 2 is 1.11 bits per heavy atom. The summed E-state index contributed by atoms with van der Waals surface area (Å²) >= 11 is 0. The van der Waals surface area contributed by atoms with Crippen LogP contribution in [-0.2, 0) is 9.59 Å². The standard InChI is InChI=1S/C16H31NO2/c1-15(18)13-11-9-7-5-3-4-6-8-10-12-14-17-16(2)19/h3-14H2,1-2H3,(H,17,19). The van der Waals surface area contributed by atoms with Crippen molar-refractivity contribution in [1.82, 2.24) is 5.32 Å². The summed E-state index contributed by atoms with van der Waals surface area (Å²) in [5.41, 5.74) is 0. The third-order valence-electron chi connectivity index (χ3n) is 3.33. The van der Waals surface area contributed by atoms with Crippen molar-refractivity contribution in [3.8, 4) is 0 Å². The molecule has 3 heteroatoms. The molecule has 112 valence electrons. The number of ketones is 1. The number of carbonyl (C=O) groups excluding carboxylic acids is 2. The highest BCUT2D eigenvalue weighted by Gasteiger charge is 1.95. The van der Waals surface area contributed by atoms with Crippen LogP contribution < -0.4 is 5.32 Å². The number of rotatable bonds is 13. The van der Waals surface area contributed by atoms with Gasteiger partial charge in [0.2, 0.25) is 5.91 Å². The second-order valence-corrected chi connectivity index (χ2v) is 5.47. The first-order valence-electron chi connectivity index (χ1n) is 7.87. The Hall–Kier alpha value is -0.860. The van der Waals surface area contributed by atoms with Crippen LogP contribution in [-0.4, -0.2) is 18.2 Å². The summed E-state index contributed by atoms with van der Waals surface area (Å²) in [6, 6.07) is 0. The quantitative estimate of drug-likeness (QED) is 0.514. The zero-order valence-corrected chi connectivity index (χ0v) is 12.8. The Kier molecular flexibility index (Phi) is 13.0. The van der Waals surface area contributed by atoms with E-state index in [2.05, 4.69) is 5.32 Å². The Labute approximate surface area is 118 Å². The Morgan fingerprint density at radius 1 is 0.684 bits per heavy atom. The van der Waals surface area contributed by atoms with Crippen LogP contribution in [0.3, 0.4) is 0 Å². The Morgan fingerprint density at radius 3 is 1.53 bits per heavy atom. The molecule has 1 amide bonds. The molecule has 0 aliphatic heterocycles. The van der Waals surface area contributed by atoms with Crippen molar-refractivity contribution in [3.63, 3.8) is 0 Å². The normalized spacial score (nSPS) is 10.4. The van der Waals surface area contributed by atoms with Crippen molar-refractivity contribution in [3.05, 3.63) is 0 Å². The van der Waals surface area contributed by atoms with E-state index in [9.17, 15) is 9.59 Å². The van der Waals surface area contributed by atoms with Gasteiger partial charge in [0.15, 0.2) is 0 Å². The summed E-state index contributed by atoms with van der Waals surface area (Å²) in [6.45, 7) is 4.06. The van der Waals surface area contributed by atoms with E-state index in [4.69, 9.17) is 0 Å². The predicted octanol–water partition coefficient (Wildman–Crippen LogP) is 4.00. The molecule has 0 fully saturated rings. The average molecular weight is 269 g/mol. The molecule has 0 spiro atoms. The van der Waals surface area contributed by atoms with Crippen molar-refractivity contribution in [2.24, 2.45) is 0 Å². The lowest BCUT2D eigenvalue weighted by Gasteiger charge is -2.03. The smallest absolute Gasteiger partial charge is 0.216 e. The monoisotopic (exact) mass is 269 g/mol. The van der Waals surface area contributed by atoms with Crippen LogP contribution in [0.15, 0.2) is 0 Å². The number of unbranched alkanes of at least 4 members (excludes halogenated alkanes) is 9. The van der Waals surface area contributed by atoms with E-state index in [1.165, 1.54) is 51.4 Å². The molecule has 0 aromatic carbocycles. The molecule has 0 rings (SSSR count). The minimum absolute atomic E-state index is 0.0739. The number of nitrogens with one attached hydrogen (secondary N) is 1. The van der Waals surface area contributed by atoms with E-state index < -0.39 is 0 Å². The molecule has 0 radical (unpaired) electrons. The minimum atomic E-state index is 0.0739. The second kappa shape index (κ2) is 13.6. The van der Waals surface area contributed by atoms with Gasteiger partial charge in [0.1, 0.15) is 5.78 Å². The predicted molar refractivity (Wildman–Crippen MR) is 80.2 cm³/mol. The van der Waals surface area contributed by atoms with E-state index in [-0.39, 0.29) is 5.91 Å². The Balaban J connectivity index is 2.99. The number of carbonyl (C=O) groups is 2. The maximum Gasteiger partial charge on any atom is 0.216 e. The Bertz CT molecular complexity index is 215. The second-order valence-electron chi connectivity index (χ2n) is 5.47. The lowest BCUT2D eigenvalue weighted by atomic mass is 10.1. The molecule has 0 saturated heterocycles. The van der Waals surface area contributed by atoms with E-state index in [1.807, 2.05) is 0 Å². The molecule has 0 saturated carbocycles. The van der Waals surface area contributed by atoms with Gasteiger partial charge in [-0.25, -0.2) is 0 Å². The van der Waals surface area contributed by atoms with Gasteiger partial charge in [-0.05, 0) is 19.8 Å². The van der Waals surface area contributed by atoms with Crippen LogP contribution in [0.1, 0.15) is 84.5 Å². The van der Waals surface area contributed by atoms with Gasteiger partial charge in [0.25, 0.3) is 0 Å². The fraction of sp³-hybridized carbons (Fsp3) is 0.875. The van der Waals surface area contributed by atoms with Crippen molar-refractivity contribution in [2.75, 3.05) is 6.54 Å². The van der Waals surface area contributed by atoms with Gasteiger partial charge in [0, 0.05) is 19.9 Å². The van der Waals surface area contributed by atoms with Gasteiger partial charge in [-0.15, -0.1) is 0 Å². The van der Waals surface area contributed by atoms with Crippen molar-refractivity contribution >= 4 is 11.7 Å². The van der Waals surface area contributed by atoms with Crippen LogP contribution in [0.2, 0.25) is 0 Å². The molecule has 0 unspecified atom stereocenters. The molecule has 0 bridgehead atoms. The zero-order valence-electron chi connectivity index (χ0n) is 12.8. The third-order valence-corrected chi connectivity index (χ3v) is 3.33. The van der Waals surface area contributed by atoms with Crippen molar-refractivity contribution in [2.45, 2.75) is 84.5 Å². The molecule has 3 nitrogen and oxygen atoms in total. The van der Waals surface area contributed by atoms with E-state index in [0.29, 0.717) is 5.78 Å². The highest BCUT2D eigenvalue weighted by molar-refractivity contribution is 5.75. The van der Waals surface area contributed by atoms with E-state index >= 15 is 0 Å². The number of hydrogen-bond acceptors (Lipinski definition) is 2. The highest BCUT2D eigenvalue weighted by atomic mass is 16.1. The molecular weight excluding hydrogens is 238 g/mol. The molecule has 0 aliphatic carbocycles. The lowest BCUT2D eigenvalue weighted by molar-refractivity contribution is -0.119. The van der Waals surface area contributed by atoms with Gasteiger partial charge in [-0.1, -0.05) is 51.4 Å². The van der Waals surface area contributed by atoms with Crippen LogP contribution in [0, 0.1) is 0 Å². The van der Waals surface area contributed by atoms with E-state index in [1.54, 1.807) is 13.8 Å². The fourth-order valence-electron chi connectivity index (χ4n) is 2.18. The summed E-state index contributed by atoms with van der Waals surface area (Å²) in [7, 11) is 0. The summed E-state index contributed by atoms with van der Waals surface area (Å²) < 4.78 is 0. The highest BCUT2D eigenvalue weighted by Crippen LogP contribution is 2.11. The van der Waals surface area contributed by atoms with Crippen LogP contribution >= 0.6 is 0 Å². The maximum absolute atomic E-state index is 10.7. The summed E-state index contributed by atoms with van der Waals surface area (Å²) in [5, 5.41) is 2.82. The van der Waals surface area contributed by atoms with Gasteiger partial charge >= 0.3 is 0 Å².